The van der Waals surface area contributed by atoms with Crippen molar-refractivity contribution in [3.8, 4) is 0 Å². The summed E-state index contributed by atoms with van der Waals surface area (Å²) in [6.07, 6.45) is 0.325. The minimum absolute atomic E-state index is 0.0823. The van der Waals surface area contributed by atoms with Gasteiger partial charge in [0.1, 0.15) is 6.04 Å². The molecule has 0 fully saturated rings. The number of rotatable bonds is 7. The van der Waals surface area contributed by atoms with E-state index in [1.54, 1.807) is 0 Å². The fraction of sp³-hybridized carbons (Fsp3) is 0.364. The Kier molecular flexibility index (Phi) is 6.60. The first-order valence-electron chi connectivity index (χ1n) is 5.51. The van der Waals surface area contributed by atoms with E-state index in [2.05, 4.69) is 9.05 Å². The molecule has 0 aromatic heterocycles. The predicted molar refractivity (Wildman–Crippen MR) is 68.2 cm³/mol. The van der Waals surface area contributed by atoms with Crippen molar-refractivity contribution in [1.29, 1.82) is 0 Å². The minimum Gasteiger partial charge on any atom is -0.392 e. The van der Waals surface area contributed by atoms with Gasteiger partial charge in [0.15, 0.2) is 0 Å². The van der Waals surface area contributed by atoms with Crippen LogP contribution in [0, 0.1) is 0 Å². The average Bonchev–Trinajstić information content (AvgIpc) is 2.37. The Bertz CT molecular complexity index is 399. The van der Waals surface area contributed by atoms with Crippen molar-refractivity contribution in [2.24, 2.45) is 11.5 Å². The number of hydrogen-bond acceptors (Lipinski definition) is 6. The van der Waals surface area contributed by atoms with Crippen LogP contribution in [0.2, 0.25) is 0 Å². The van der Waals surface area contributed by atoms with Crippen LogP contribution in [-0.2, 0) is 24.8 Å². The molecule has 1 aromatic carbocycles. The van der Waals surface area contributed by atoms with Crippen molar-refractivity contribution < 1.29 is 18.4 Å². The highest BCUT2D eigenvalue weighted by atomic mass is 31.1. The van der Waals surface area contributed by atoms with E-state index in [4.69, 9.17) is 11.5 Å². The zero-order chi connectivity index (χ0) is 13.4. The van der Waals surface area contributed by atoms with Gasteiger partial charge in [-0.3, -0.25) is 4.79 Å². The molecule has 0 saturated carbocycles. The number of benzene rings is 1. The fourth-order valence-electron chi connectivity index (χ4n) is 1.28. The molecule has 18 heavy (non-hydrogen) atoms. The second kappa shape index (κ2) is 8.00. The summed E-state index contributed by atoms with van der Waals surface area (Å²) in [5.41, 5.74) is 11.7. The number of hydrogen-bond donors (Lipinski definition) is 2. The summed E-state index contributed by atoms with van der Waals surface area (Å²) in [4.78, 5) is 11.5. The number of nitrogens with two attached hydrogens (primary N) is 2. The Labute approximate surface area is 106 Å². The largest absolute Gasteiger partial charge is 0.392 e. The quantitative estimate of drug-likeness (QED) is 0.699. The third kappa shape index (κ3) is 5.42. The van der Waals surface area contributed by atoms with Crippen molar-refractivity contribution in [3.05, 3.63) is 35.9 Å². The Hall–Kier alpha value is -1.20. The van der Waals surface area contributed by atoms with Crippen molar-refractivity contribution in [1.82, 2.24) is 0 Å². The number of carbonyl (C=O) groups is 1. The van der Waals surface area contributed by atoms with Crippen LogP contribution >= 0.6 is 8.25 Å². The summed E-state index contributed by atoms with van der Waals surface area (Å²) in [6.45, 7) is 0.295. The third-order valence-corrected chi connectivity index (χ3v) is 2.93. The first-order valence-corrected chi connectivity index (χ1v) is 6.74. The standard InChI is InChI=1S/C11H17N2O4P/c12-6-7-16-18(15)17-11(14)10(13)8-9-4-2-1-3-5-9/h1-5,10,18H,6-8,12-13H2/t10-/m1/s1. The molecule has 0 aliphatic carbocycles. The van der Waals surface area contributed by atoms with Gasteiger partial charge in [0, 0.05) is 6.54 Å². The van der Waals surface area contributed by atoms with E-state index in [1.807, 2.05) is 30.3 Å². The number of carbonyl (C=O) groups excluding carboxylic acids is 1. The van der Waals surface area contributed by atoms with Gasteiger partial charge < -0.3 is 20.5 Å². The molecule has 1 rings (SSSR count). The highest BCUT2D eigenvalue weighted by molar-refractivity contribution is 7.34. The second-order valence-electron chi connectivity index (χ2n) is 3.60. The van der Waals surface area contributed by atoms with Crippen LogP contribution < -0.4 is 11.5 Å². The van der Waals surface area contributed by atoms with E-state index in [-0.39, 0.29) is 13.2 Å². The summed E-state index contributed by atoms with van der Waals surface area (Å²) < 4.78 is 20.5. The van der Waals surface area contributed by atoms with E-state index < -0.39 is 20.3 Å². The molecule has 0 bridgehead atoms. The maximum Gasteiger partial charge on any atom is 0.370 e. The Morgan fingerprint density at radius 1 is 1.33 bits per heavy atom. The van der Waals surface area contributed by atoms with Gasteiger partial charge in [-0.05, 0) is 12.0 Å². The summed E-state index contributed by atoms with van der Waals surface area (Å²) in [5.74, 6) is -0.736. The van der Waals surface area contributed by atoms with E-state index in [9.17, 15) is 9.36 Å². The van der Waals surface area contributed by atoms with Gasteiger partial charge in [0.05, 0.1) is 6.61 Å². The van der Waals surface area contributed by atoms with E-state index >= 15 is 0 Å². The smallest absolute Gasteiger partial charge is 0.370 e. The van der Waals surface area contributed by atoms with Crippen LogP contribution in [0.25, 0.3) is 0 Å². The third-order valence-electron chi connectivity index (χ3n) is 2.12. The van der Waals surface area contributed by atoms with Gasteiger partial charge in [0.2, 0.25) is 0 Å². The normalized spacial score (nSPS) is 13.9. The Balaban J connectivity index is 2.40. The van der Waals surface area contributed by atoms with Crippen LogP contribution in [0.15, 0.2) is 30.3 Å². The molecule has 0 amide bonds. The van der Waals surface area contributed by atoms with Crippen LogP contribution in [0.1, 0.15) is 5.56 Å². The molecule has 7 heteroatoms. The molecule has 0 heterocycles. The van der Waals surface area contributed by atoms with Gasteiger partial charge >= 0.3 is 14.2 Å². The second-order valence-corrected chi connectivity index (χ2v) is 4.60. The molecule has 6 nitrogen and oxygen atoms in total. The van der Waals surface area contributed by atoms with Crippen LogP contribution in [-0.4, -0.2) is 25.2 Å². The first kappa shape index (κ1) is 14.9. The molecule has 0 aliphatic heterocycles. The molecule has 0 aliphatic rings. The molecular weight excluding hydrogens is 255 g/mol. The highest BCUT2D eigenvalue weighted by Gasteiger charge is 2.18. The highest BCUT2D eigenvalue weighted by Crippen LogP contribution is 2.24. The predicted octanol–water partition coefficient (Wildman–Crippen LogP) is 0.465. The lowest BCUT2D eigenvalue weighted by Crippen LogP contribution is -2.33. The monoisotopic (exact) mass is 272 g/mol. The molecule has 0 radical (unpaired) electrons. The lowest BCUT2D eigenvalue weighted by molar-refractivity contribution is -0.136. The molecule has 100 valence electrons. The zero-order valence-corrected chi connectivity index (χ0v) is 10.9. The lowest BCUT2D eigenvalue weighted by atomic mass is 10.1. The summed E-state index contributed by atoms with van der Waals surface area (Å²) in [7, 11) is -2.85. The van der Waals surface area contributed by atoms with E-state index in [0.29, 0.717) is 6.42 Å². The topological polar surface area (TPSA) is 105 Å². The summed E-state index contributed by atoms with van der Waals surface area (Å²) in [5, 5.41) is 0. The van der Waals surface area contributed by atoms with Gasteiger partial charge in [-0.2, -0.15) is 0 Å². The minimum atomic E-state index is -2.85. The lowest BCUT2D eigenvalue weighted by Gasteiger charge is -2.11. The Morgan fingerprint density at radius 2 is 2.00 bits per heavy atom. The van der Waals surface area contributed by atoms with Crippen molar-refractivity contribution in [2.75, 3.05) is 13.2 Å². The molecule has 1 aromatic rings. The molecule has 0 saturated heterocycles. The Morgan fingerprint density at radius 3 is 2.61 bits per heavy atom. The van der Waals surface area contributed by atoms with Gasteiger partial charge in [-0.1, -0.05) is 30.3 Å². The fourth-order valence-corrected chi connectivity index (χ4v) is 1.94. The van der Waals surface area contributed by atoms with E-state index in [0.717, 1.165) is 5.56 Å². The van der Waals surface area contributed by atoms with Crippen LogP contribution in [0.3, 0.4) is 0 Å². The van der Waals surface area contributed by atoms with Crippen LogP contribution in [0.5, 0.6) is 0 Å². The average molecular weight is 272 g/mol. The molecule has 1 unspecified atom stereocenters. The van der Waals surface area contributed by atoms with Gasteiger partial charge in [0.25, 0.3) is 0 Å². The SMILES string of the molecule is NCCO[PH](=O)OC(=O)[C@H](N)Cc1ccccc1. The van der Waals surface area contributed by atoms with Crippen molar-refractivity contribution >= 4 is 14.2 Å². The van der Waals surface area contributed by atoms with Gasteiger partial charge in [-0.25, -0.2) is 4.57 Å². The molecule has 4 N–H and O–H groups in total. The van der Waals surface area contributed by atoms with Crippen LogP contribution in [0.4, 0.5) is 0 Å². The summed E-state index contributed by atoms with van der Waals surface area (Å²) >= 11 is 0. The first-order chi connectivity index (χ1) is 8.63. The molecule has 0 spiro atoms. The van der Waals surface area contributed by atoms with Crippen molar-refractivity contribution in [2.45, 2.75) is 12.5 Å². The maximum atomic E-state index is 11.5. The van der Waals surface area contributed by atoms with E-state index in [1.165, 1.54) is 0 Å². The zero-order valence-electron chi connectivity index (χ0n) is 9.87. The molecular formula is C11H17N2O4P. The molecule has 2 atom stereocenters. The van der Waals surface area contributed by atoms with Crippen molar-refractivity contribution in [3.63, 3.8) is 0 Å². The maximum absolute atomic E-state index is 11.5. The van der Waals surface area contributed by atoms with Gasteiger partial charge in [-0.15, -0.1) is 0 Å². The summed E-state index contributed by atoms with van der Waals surface area (Å²) in [6, 6.07) is 8.40.